The van der Waals surface area contributed by atoms with E-state index in [1.54, 1.807) is 11.4 Å². The van der Waals surface area contributed by atoms with Crippen LogP contribution in [0, 0.1) is 5.92 Å². The van der Waals surface area contributed by atoms with E-state index in [1.165, 1.54) is 22.7 Å². The van der Waals surface area contributed by atoms with Gasteiger partial charge < -0.3 is 11.1 Å². The standard InChI is InChI=1S/C16H22N4O2S2.2ClH/c1-10(2)6-11(8-17)18-14(21)7-12-9-24-16(19-12)20-15(22)13-4-3-5-23-13;;/h3-5,9-11H,6-8,17H2,1-2H3,(H,18,21)(H,19,20,22);2*1H. The molecule has 2 aromatic heterocycles. The van der Waals surface area contributed by atoms with Crippen LogP contribution in [0.2, 0.25) is 0 Å². The number of anilines is 1. The number of thiophene rings is 1. The van der Waals surface area contributed by atoms with Gasteiger partial charge in [-0.05, 0) is 23.8 Å². The normalized spacial score (nSPS) is 11.2. The van der Waals surface area contributed by atoms with Crippen LogP contribution < -0.4 is 16.4 Å². The van der Waals surface area contributed by atoms with E-state index in [4.69, 9.17) is 5.73 Å². The van der Waals surface area contributed by atoms with Crippen molar-refractivity contribution >= 4 is 64.4 Å². The Kier molecular flexibility index (Phi) is 11.7. The molecule has 0 bridgehead atoms. The molecule has 0 saturated heterocycles. The highest BCUT2D eigenvalue weighted by Crippen LogP contribution is 2.18. The van der Waals surface area contributed by atoms with E-state index in [-0.39, 0.29) is 49.1 Å². The average molecular weight is 439 g/mol. The lowest BCUT2D eigenvalue weighted by molar-refractivity contribution is -0.121. The first kappa shape index (κ1) is 24.8. The second-order valence-electron chi connectivity index (χ2n) is 5.88. The van der Waals surface area contributed by atoms with Gasteiger partial charge in [-0.25, -0.2) is 4.98 Å². The number of hydrogen-bond acceptors (Lipinski definition) is 6. The molecule has 0 saturated carbocycles. The molecule has 0 aliphatic heterocycles. The molecular weight excluding hydrogens is 415 g/mol. The van der Waals surface area contributed by atoms with Crippen LogP contribution in [0.3, 0.4) is 0 Å². The van der Waals surface area contributed by atoms with Gasteiger partial charge in [0.15, 0.2) is 5.13 Å². The number of nitrogens with zero attached hydrogens (tertiary/aromatic N) is 1. The third-order valence-electron chi connectivity index (χ3n) is 3.26. The molecule has 1 atom stereocenters. The van der Waals surface area contributed by atoms with Crippen molar-refractivity contribution in [2.75, 3.05) is 11.9 Å². The number of nitrogens with two attached hydrogens (primary N) is 1. The molecule has 6 nitrogen and oxygen atoms in total. The molecule has 2 amide bonds. The topological polar surface area (TPSA) is 97.1 Å². The van der Waals surface area contributed by atoms with Gasteiger partial charge in [-0.2, -0.15) is 0 Å². The van der Waals surface area contributed by atoms with E-state index in [2.05, 4.69) is 29.5 Å². The molecular formula is C16H24Cl2N4O2S2. The van der Waals surface area contributed by atoms with E-state index in [0.717, 1.165) is 6.42 Å². The lowest BCUT2D eigenvalue weighted by Gasteiger charge is -2.18. The Morgan fingerprint density at radius 1 is 1.27 bits per heavy atom. The van der Waals surface area contributed by atoms with Gasteiger partial charge in [0, 0.05) is 18.0 Å². The van der Waals surface area contributed by atoms with Crippen molar-refractivity contribution in [2.24, 2.45) is 11.7 Å². The Morgan fingerprint density at radius 3 is 2.58 bits per heavy atom. The molecule has 146 valence electrons. The number of carbonyl (C=O) groups is 2. The lowest BCUT2D eigenvalue weighted by Crippen LogP contribution is -2.41. The smallest absolute Gasteiger partial charge is 0.267 e. The van der Waals surface area contributed by atoms with Gasteiger partial charge in [-0.1, -0.05) is 19.9 Å². The Bertz CT molecular complexity index is 678. The minimum atomic E-state index is -0.185. The van der Waals surface area contributed by atoms with E-state index in [0.29, 0.717) is 28.2 Å². The summed E-state index contributed by atoms with van der Waals surface area (Å²) in [6.07, 6.45) is 1.03. The van der Waals surface area contributed by atoms with Crippen molar-refractivity contribution in [3.05, 3.63) is 33.5 Å². The maximum absolute atomic E-state index is 12.1. The van der Waals surface area contributed by atoms with Gasteiger partial charge in [0.05, 0.1) is 17.0 Å². The Morgan fingerprint density at radius 2 is 2.00 bits per heavy atom. The summed E-state index contributed by atoms with van der Waals surface area (Å²) in [5.41, 5.74) is 6.33. The summed E-state index contributed by atoms with van der Waals surface area (Å²) in [6, 6.07) is 3.56. The first-order chi connectivity index (χ1) is 11.5. The second kappa shape index (κ2) is 12.2. The highest BCUT2D eigenvalue weighted by Gasteiger charge is 2.15. The molecule has 10 heteroatoms. The van der Waals surface area contributed by atoms with Gasteiger partial charge in [-0.15, -0.1) is 47.5 Å². The van der Waals surface area contributed by atoms with Gasteiger partial charge >= 0.3 is 0 Å². The van der Waals surface area contributed by atoms with E-state index >= 15 is 0 Å². The highest BCUT2D eigenvalue weighted by molar-refractivity contribution is 7.14. The molecule has 0 fully saturated rings. The van der Waals surface area contributed by atoms with Gasteiger partial charge in [0.1, 0.15) is 0 Å². The summed E-state index contributed by atoms with van der Waals surface area (Å²) in [7, 11) is 0. The number of carbonyl (C=O) groups excluding carboxylic acids is 2. The molecule has 4 N–H and O–H groups in total. The summed E-state index contributed by atoms with van der Waals surface area (Å²) in [5.74, 6) is 0.181. The summed E-state index contributed by atoms with van der Waals surface area (Å²) in [4.78, 5) is 29.0. The van der Waals surface area contributed by atoms with Crippen molar-refractivity contribution in [1.29, 1.82) is 0 Å². The van der Waals surface area contributed by atoms with Crippen molar-refractivity contribution in [2.45, 2.75) is 32.7 Å². The van der Waals surface area contributed by atoms with Crippen LogP contribution >= 0.6 is 47.5 Å². The zero-order chi connectivity index (χ0) is 17.5. The SMILES string of the molecule is CC(C)CC(CN)NC(=O)Cc1csc(NC(=O)c2cccs2)n1.Cl.Cl. The molecule has 2 rings (SSSR count). The Balaban J connectivity index is 0.00000312. The zero-order valence-electron chi connectivity index (χ0n) is 14.6. The van der Waals surface area contributed by atoms with E-state index in [1.807, 2.05) is 11.4 Å². The number of rotatable bonds is 8. The molecule has 0 radical (unpaired) electrons. The van der Waals surface area contributed by atoms with Crippen molar-refractivity contribution in [3.63, 3.8) is 0 Å². The fourth-order valence-corrected chi connectivity index (χ4v) is 3.56. The first-order valence-electron chi connectivity index (χ1n) is 7.76. The van der Waals surface area contributed by atoms with Crippen molar-refractivity contribution in [3.8, 4) is 0 Å². The molecule has 0 aliphatic rings. The van der Waals surface area contributed by atoms with Crippen LogP contribution in [-0.4, -0.2) is 29.4 Å². The first-order valence-corrected chi connectivity index (χ1v) is 9.52. The summed E-state index contributed by atoms with van der Waals surface area (Å²) >= 11 is 2.68. The fourth-order valence-electron chi connectivity index (χ4n) is 2.24. The number of hydrogen-bond donors (Lipinski definition) is 3. The number of amides is 2. The molecule has 0 aromatic carbocycles. The van der Waals surface area contributed by atoms with Gasteiger partial charge in [0.25, 0.3) is 5.91 Å². The maximum Gasteiger partial charge on any atom is 0.267 e. The van der Waals surface area contributed by atoms with Crippen LogP contribution in [0.15, 0.2) is 22.9 Å². The van der Waals surface area contributed by atoms with Gasteiger partial charge in [-0.3, -0.25) is 14.9 Å². The largest absolute Gasteiger partial charge is 0.352 e. The average Bonchev–Trinajstić information content (AvgIpc) is 3.17. The zero-order valence-corrected chi connectivity index (χ0v) is 17.8. The molecule has 0 spiro atoms. The minimum Gasteiger partial charge on any atom is -0.352 e. The second-order valence-corrected chi connectivity index (χ2v) is 7.69. The quantitative estimate of drug-likeness (QED) is 0.588. The molecule has 2 aromatic rings. The Hall–Kier alpha value is -1.19. The predicted molar refractivity (Wildman–Crippen MR) is 113 cm³/mol. The van der Waals surface area contributed by atoms with Gasteiger partial charge in [0.2, 0.25) is 5.91 Å². The molecule has 0 aliphatic carbocycles. The van der Waals surface area contributed by atoms with Crippen molar-refractivity contribution < 1.29 is 9.59 Å². The number of aromatic nitrogens is 1. The molecule has 2 heterocycles. The van der Waals surface area contributed by atoms with Crippen LogP contribution in [0.25, 0.3) is 0 Å². The van der Waals surface area contributed by atoms with Crippen LogP contribution in [0.5, 0.6) is 0 Å². The number of halogens is 2. The molecule has 26 heavy (non-hydrogen) atoms. The monoisotopic (exact) mass is 438 g/mol. The van der Waals surface area contributed by atoms with Crippen LogP contribution in [0.4, 0.5) is 5.13 Å². The Labute approximate surface area is 173 Å². The predicted octanol–water partition coefficient (Wildman–Crippen LogP) is 3.33. The van der Waals surface area contributed by atoms with Crippen LogP contribution in [0.1, 0.15) is 35.6 Å². The minimum absolute atomic E-state index is 0. The fraction of sp³-hybridized carbons (Fsp3) is 0.438. The third-order valence-corrected chi connectivity index (χ3v) is 4.94. The van der Waals surface area contributed by atoms with Crippen molar-refractivity contribution in [1.82, 2.24) is 10.3 Å². The number of nitrogens with one attached hydrogen (secondary N) is 2. The summed E-state index contributed by atoms with van der Waals surface area (Å²) in [5, 5.41) is 9.80. The van der Waals surface area contributed by atoms with E-state index in [9.17, 15) is 9.59 Å². The summed E-state index contributed by atoms with van der Waals surface area (Å²) < 4.78 is 0. The number of thiazole rings is 1. The lowest BCUT2D eigenvalue weighted by atomic mass is 10.0. The molecule has 1 unspecified atom stereocenters. The van der Waals surface area contributed by atoms with Crippen LogP contribution in [-0.2, 0) is 11.2 Å². The third kappa shape index (κ3) is 8.01. The highest BCUT2D eigenvalue weighted by atomic mass is 35.5. The van der Waals surface area contributed by atoms with E-state index < -0.39 is 0 Å². The maximum atomic E-state index is 12.1. The summed E-state index contributed by atoms with van der Waals surface area (Å²) in [6.45, 7) is 4.61.